The fraction of sp³-hybridized carbons (Fsp3) is 0.0667. The molecule has 0 unspecified atom stereocenters. The molecule has 0 heterocycles. The summed E-state index contributed by atoms with van der Waals surface area (Å²) in [5.41, 5.74) is -1.33. The van der Waals surface area contributed by atoms with E-state index < -0.39 is 40.6 Å². The van der Waals surface area contributed by atoms with Gasteiger partial charge in [0, 0.05) is 6.07 Å². The molecule has 0 bridgehead atoms. The summed E-state index contributed by atoms with van der Waals surface area (Å²) in [6.07, 6.45) is 0. The Hall–Kier alpha value is -2.83. The summed E-state index contributed by atoms with van der Waals surface area (Å²) in [5, 5.41) is 2.09. The van der Waals surface area contributed by atoms with Crippen molar-refractivity contribution in [3.8, 4) is 0 Å². The maximum absolute atomic E-state index is 13.7. The molecule has 0 aromatic heterocycles. The Kier molecular flexibility index (Phi) is 4.45. The molecule has 22 heavy (non-hydrogen) atoms. The minimum absolute atomic E-state index is 0.314. The van der Waals surface area contributed by atoms with Gasteiger partial charge in [0.15, 0.2) is 0 Å². The molecule has 0 fully saturated rings. The summed E-state index contributed by atoms with van der Waals surface area (Å²) in [6, 6.07) is 6.31. The Bertz CT molecular complexity index is 747. The molecule has 4 nitrogen and oxygen atoms in total. The van der Waals surface area contributed by atoms with Crippen LogP contribution in [0.1, 0.15) is 20.7 Å². The van der Waals surface area contributed by atoms with Gasteiger partial charge in [-0.1, -0.05) is 12.1 Å². The number of methoxy groups -OCH3 is 1. The first-order chi connectivity index (χ1) is 10.4. The minimum atomic E-state index is -1.13. The second-order valence-electron chi connectivity index (χ2n) is 4.24. The lowest BCUT2D eigenvalue weighted by Gasteiger charge is -2.09. The molecule has 0 atom stereocenters. The maximum Gasteiger partial charge on any atom is 0.340 e. The SMILES string of the molecule is COC(=O)c1cc(NC(=O)c2ccccc2F)c(F)cc1F. The smallest absolute Gasteiger partial charge is 0.340 e. The van der Waals surface area contributed by atoms with Crippen molar-refractivity contribution in [1.82, 2.24) is 0 Å². The van der Waals surface area contributed by atoms with Crippen molar-refractivity contribution in [3.63, 3.8) is 0 Å². The quantitative estimate of drug-likeness (QED) is 0.886. The van der Waals surface area contributed by atoms with Gasteiger partial charge < -0.3 is 10.1 Å². The Balaban J connectivity index is 2.35. The highest BCUT2D eigenvalue weighted by atomic mass is 19.1. The maximum atomic E-state index is 13.7. The second kappa shape index (κ2) is 6.30. The van der Waals surface area contributed by atoms with E-state index in [9.17, 15) is 22.8 Å². The Labute approximate surface area is 123 Å². The number of hydrogen-bond donors (Lipinski definition) is 1. The lowest BCUT2D eigenvalue weighted by molar-refractivity contribution is 0.0595. The van der Waals surface area contributed by atoms with E-state index in [1.54, 1.807) is 0 Å². The first-order valence-electron chi connectivity index (χ1n) is 6.07. The highest BCUT2D eigenvalue weighted by Gasteiger charge is 2.19. The van der Waals surface area contributed by atoms with Gasteiger partial charge in [-0.05, 0) is 18.2 Å². The molecule has 7 heteroatoms. The summed E-state index contributed by atoms with van der Waals surface area (Å²) in [5.74, 6) is -4.99. The summed E-state index contributed by atoms with van der Waals surface area (Å²) in [4.78, 5) is 23.2. The van der Waals surface area contributed by atoms with E-state index >= 15 is 0 Å². The number of carbonyl (C=O) groups is 2. The summed E-state index contributed by atoms with van der Waals surface area (Å²) in [6.45, 7) is 0. The second-order valence-corrected chi connectivity index (χ2v) is 4.24. The van der Waals surface area contributed by atoms with Gasteiger partial charge >= 0.3 is 5.97 Å². The van der Waals surface area contributed by atoms with Crippen LogP contribution in [0.25, 0.3) is 0 Å². The third-order valence-corrected chi connectivity index (χ3v) is 2.83. The van der Waals surface area contributed by atoms with E-state index in [2.05, 4.69) is 10.1 Å². The van der Waals surface area contributed by atoms with E-state index in [0.29, 0.717) is 6.07 Å². The standard InChI is InChI=1S/C15H10F3NO3/c1-22-15(21)9-6-13(12(18)7-11(9)17)19-14(20)8-4-2-3-5-10(8)16/h2-7H,1H3,(H,19,20). The Morgan fingerprint density at radius 2 is 1.64 bits per heavy atom. The number of halogens is 3. The average molecular weight is 309 g/mol. The Morgan fingerprint density at radius 1 is 0.955 bits per heavy atom. The van der Waals surface area contributed by atoms with Gasteiger partial charge in [0.2, 0.25) is 0 Å². The first kappa shape index (κ1) is 15.6. The number of benzene rings is 2. The molecule has 2 aromatic carbocycles. The first-order valence-corrected chi connectivity index (χ1v) is 6.07. The van der Waals surface area contributed by atoms with Crippen LogP contribution in [0.3, 0.4) is 0 Å². The van der Waals surface area contributed by atoms with Gasteiger partial charge in [0.1, 0.15) is 17.5 Å². The van der Waals surface area contributed by atoms with Crippen molar-refractivity contribution < 1.29 is 27.5 Å². The van der Waals surface area contributed by atoms with Crippen LogP contribution in [0.15, 0.2) is 36.4 Å². The van der Waals surface area contributed by atoms with E-state index in [0.717, 1.165) is 19.2 Å². The fourth-order valence-corrected chi connectivity index (χ4v) is 1.75. The molecule has 0 aliphatic rings. The highest BCUT2D eigenvalue weighted by molar-refractivity contribution is 6.05. The van der Waals surface area contributed by atoms with Crippen molar-refractivity contribution >= 4 is 17.6 Å². The number of esters is 1. The number of hydrogen-bond acceptors (Lipinski definition) is 3. The van der Waals surface area contributed by atoms with Crippen molar-refractivity contribution in [2.45, 2.75) is 0 Å². The van der Waals surface area contributed by atoms with Crippen LogP contribution < -0.4 is 5.32 Å². The molecule has 114 valence electrons. The van der Waals surface area contributed by atoms with Gasteiger partial charge in [-0.2, -0.15) is 0 Å². The predicted octanol–water partition coefficient (Wildman–Crippen LogP) is 3.14. The van der Waals surface area contributed by atoms with Gasteiger partial charge in [-0.3, -0.25) is 4.79 Å². The largest absolute Gasteiger partial charge is 0.465 e. The molecule has 1 N–H and O–H groups in total. The summed E-state index contributed by atoms with van der Waals surface area (Å²) in [7, 11) is 1.03. The van der Waals surface area contributed by atoms with Crippen LogP contribution in [0, 0.1) is 17.5 Å². The summed E-state index contributed by atoms with van der Waals surface area (Å²) >= 11 is 0. The average Bonchev–Trinajstić information content (AvgIpc) is 2.49. The molecule has 0 aliphatic heterocycles. The number of rotatable bonds is 3. The van der Waals surface area contributed by atoms with Crippen molar-refractivity contribution in [2.24, 2.45) is 0 Å². The van der Waals surface area contributed by atoms with Crippen LogP contribution in [0.4, 0.5) is 18.9 Å². The number of carbonyl (C=O) groups excluding carboxylic acids is 2. The van der Waals surface area contributed by atoms with Crippen LogP contribution in [0.5, 0.6) is 0 Å². The molecule has 0 radical (unpaired) electrons. The van der Waals surface area contributed by atoms with E-state index in [1.165, 1.54) is 18.2 Å². The molecule has 0 spiro atoms. The van der Waals surface area contributed by atoms with E-state index in [4.69, 9.17) is 0 Å². The van der Waals surface area contributed by atoms with Crippen LogP contribution in [-0.2, 0) is 4.74 Å². The van der Waals surface area contributed by atoms with E-state index in [-0.39, 0.29) is 5.56 Å². The molecule has 2 aromatic rings. The van der Waals surface area contributed by atoms with Crippen LogP contribution in [-0.4, -0.2) is 19.0 Å². The lowest BCUT2D eigenvalue weighted by Crippen LogP contribution is -2.16. The zero-order chi connectivity index (χ0) is 16.3. The molecule has 0 saturated heterocycles. The van der Waals surface area contributed by atoms with Crippen molar-refractivity contribution in [2.75, 3.05) is 12.4 Å². The monoisotopic (exact) mass is 309 g/mol. The van der Waals surface area contributed by atoms with Gasteiger partial charge in [-0.15, -0.1) is 0 Å². The molecule has 0 aliphatic carbocycles. The zero-order valence-electron chi connectivity index (χ0n) is 11.3. The normalized spacial score (nSPS) is 10.2. The van der Waals surface area contributed by atoms with Crippen molar-refractivity contribution in [1.29, 1.82) is 0 Å². The van der Waals surface area contributed by atoms with Crippen molar-refractivity contribution in [3.05, 3.63) is 65.0 Å². The lowest BCUT2D eigenvalue weighted by atomic mass is 10.1. The predicted molar refractivity (Wildman–Crippen MR) is 72.1 cm³/mol. The number of amides is 1. The molecular weight excluding hydrogens is 299 g/mol. The van der Waals surface area contributed by atoms with Crippen LogP contribution in [0.2, 0.25) is 0 Å². The molecule has 0 saturated carbocycles. The minimum Gasteiger partial charge on any atom is -0.465 e. The third kappa shape index (κ3) is 3.08. The van der Waals surface area contributed by atoms with Crippen LogP contribution >= 0.6 is 0 Å². The van der Waals surface area contributed by atoms with Gasteiger partial charge in [0.05, 0.1) is 23.9 Å². The molecule has 2 rings (SSSR count). The molecular formula is C15H10F3NO3. The number of ether oxygens (including phenoxy) is 1. The molecule has 1 amide bonds. The Morgan fingerprint density at radius 3 is 2.27 bits per heavy atom. The topological polar surface area (TPSA) is 55.4 Å². The number of anilines is 1. The van der Waals surface area contributed by atoms with Gasteiger partial charge in [-0.25, -0.2) is 18.0 Å². The third-order valence-electron chi connectivity index (χ3n) is 2.83. The summed E-state index contributed by atoms with van der Waals surface area (Å²) < 4.78 is 45.0. The van der Waals surface area contributed by atoms with Gasteiger partial charge in [0.25, 0.3) is 5.91 Å². The highest BCUT2D eigenvalue weighted by Crippen LogP contribution is 2.21. The fourth-order valence-electron chi connectivity index (χ4n) is 1.75. The van der Waals surface area contributed by atoms with E-state index in [1.807, 2.05) is 0 Å². The zero-order valence-corrected chi connectivity index (χ0v) is 11.3. The number of nitrogens with one attached hydrogen (secondary N) is 1.